The monoisotopic (exact) mass is 197 g/mol. The lowest BCUT2D eigenvalue weighted by Crippen LogP contribution is -2.55. The van der Waals surface area contributed by atoms with E-state index in [2.05, 4.69) is 11.9 Å². The van der Waals surface area contributed by atoms with E-state index in [1.165, 1.54) is 0 Å². The lowest BCUT2D eigenvalue weighted by atomic mass is 9.82. The largest absolute Gasteiger partial charge is 0.378 e. The molecule has 2 fully saturated rings. The minimum absolute atomic E-state index is 0.301. The molecule has 0 aromatic heterocycles. The molecule has 2 aliphatic heterocycles. The van der Waals surface area contributed by atoms with Gasteiger partial charge in [0.2, 0.25) is 0 Å². The SMILES string of the molecule is CCC(=O)C1CC2COCC(C1)N2C. The molecule has 0 spiro atoms. The van der Waals surface area contributed by atoms with E-state index < -0.39 is 0 Å². The van der Waals surface area contributed by atoms with Gasteiger partial charge in [-0.1, -0.05) is 6.92 Å². The highest BCUT2D eigenvalue weighted by molar-refractivity contribution is 5.80. The van der Waals surface area contributed by atoms with Crippen LogP contribution in [0.25, 0.3) is 0 Å². The van der Waals surface area contributed by atoms with Crippen LogP contribution in [0.5, 0.6) is 0 Å². The number of nitrogens with zero attached hydrogens (tertiary/aromatic N) is 1. The summed E-state index contributed by atoms with van der Waals surface area (Å²) in [5, 5.41) is 0. The predicted octanol–water partition coefficient (Wildman–Crippen LogP) is 1.07. The molecule has 0 radical (unpaired) electrons. The number of Topliss-reactive ketones (excluding diaryl/α,β-unsaturated/α-hetero) is 1. The van der Waals surface area contributed by atoms with E-state index in [4.69, 9.17) is 4.74 Å². The van der Waals surface area contributed by atoms with Crippen LogP contribution in [-0.4, -0.2) is 43.0 Å². The third kappa shape index (κ3) is 1.71. The highest BCUT2D eigenvalue weighted by Crippen LogP contribution is 2.31. The summed E-state index contributed by atoms with van der Waals surface area (Å²) in [4.78, 5) is 14.0. The van der Waals surface area contributed by atoms with Gasteiger partial charge in [0.05, 0.1) is 13.2 Å². The molecule has 3 heteroatoms. The van der Waals surface area contributed by atoms with E-state index in [0.29, 0.717) is 30.2 Å². The van der Waals surface area contributed by atoms with E-state index >= 15 is 0 Å². The van der Waals surface area contributed by atoms with Gasteiger partial charge in [-0.25, -0.2) is 0 Å². The first kappa shape index (κ1) is 10.1. The molecular weight excluding hydrogens is 178 g/mol. The first-order valence-corrected chi connectivity index (χ1v) is 5.54. The molecule has 2 saturated heterocycles. The molecule has 14 heavy (non-hydrogen) atoms. The summed E-state index contributed by atoms with van der Waals surface area (Å²) in [6.07, 6.45) is 2.69. The average molecular weight is 197 g/mol. The summed E-state index contributed by atoms with van der Waals surface area (Å²) in [6, 6.07) is 0.950. The molecule has 80 valence electrons. The van der Waals surface area contributed by atoms with Crippen LogP contribution in [0, 0.1) is 5.92 Å². The van der Waals surface area contributed by atoms with Gasteiger partial charge in [-0.05, 0) is 19.9 Å². The number of piperidine rings is 1. The number of fused-ring (bicyclic) bond motifs is 2. The third-order valence-corrected chi connectivity index (χ3v) is 3.69. The number of hydrogen-bond acceptors (Lipinski definition) is 3. The van der Waals surface area contributed by atoms with Crippen LogP contribution < -0.4 is 0 Å². The van der Waals surface area contributed by atoms with Crippen LogP contribution in [0.15, 0.2) is 0 Å². The molecule has 2 bridgehead atoms. The quantitative estimate of drug-likeness (QED) is 0.663. The summed E-state index contributed by atoms with van der Waals surface area (Å²) in [5.74, 6) is 0.741. The van der Waals surface area contributed by atoms with Crippen molar-refractivity contribution in [2.24, 2.45) is 5.92 Å². The molecule has 2 rings (SSSR count). The van der Waals surface area contributed by atoms with Crippen LogP contribution in [-0.2, 0) is 9.53 Å². The Morgan fingerprint density at radius 3 is 2.43 bits per heavy atom. The summed E-state index contributed by atoms with van der Waals surface area (Å²) < 4.78 is 5.52. The fraction of sp³-hybridized carbons (Fsp3) is 0.909. The van der Waals surface area contributed by atoms with Crippen LogP contribution in [0.2, 0.25) is 0 Å². The molecular formula is C11H19NO2. The van der Waals surface area contributed by atoms with Gasteiger partial charge >= 0.3 is 0 Å². The van der Waals surface area contributed by atoms with Crippen molar-refractivity contribution >= 4 is 5.78 Å². The molecule has 0 aromatic rings. The van der Waals surface area contributed by atoms with Crippen LogP contribution >= 0.6 is 0 Å². The second-order valence-corrected chi connectivity index (χ2v) is 4.50. The Kier molecular flexibility index (Phi) is 2.88. The average Bonchev–Trinajstić information content (AvgIpc) is 2.16. The Labute approximate surface area is 85.4 Å². The zero-order valence-corrected chi connectivity index (χ0v) is 9.03. The number of ketones is 1. The van der Waals surface area contributed by atoms with Gasteiger partial charge < -0.3 is 4.74 Å². The third-order valence-electron chi connectivity index (χ3n) is 3.69. The van der Waals surface area contributed by atoms with Crippen LogP contribution in [0.4, 0.5) is 0 Å². The normalized spacial score (nSPS) is 38.3. The lowest BCUT2D eigenvalue weighted by Gasteiger charge is -2.46. The second-order valence-electron chi connectivity index (χ2n) is 4.50. The van der Waals surface area contributed by atoms with Crippen molar-refractivity contribution in [2.75, 3.05) is 20.3 Å². The Hall–Kier alpha value is -0.410. The van der Waals surface area contributed by atoms with Crippen molar-refractivity contribution in [1.82, 2.24) is 4.90 Å². The maximum atomic E-state index is 11.6. The summed E-state index contributed by atoms with van der Waals surface area (Å²) >= 11 is 0. The van der Waals surface area contributed by atoms with Gasteiger partial charge in [0.15, 0.2) is 0 Å². The maximum absolute atomic E-state index is 11.6. The Morgan fingerprint density at radius 2 is 1.93 bits per heavy atom. The molecule has 0 N–H and O–H groups in total. The van der Waals surface area contributed by atoms with Crippen molar-refractivity contribution in [2.45, 2.75) is 38.3 Å². The van der Waals surface area contributed by atoms with E-state index in [1.807, 2.05) is 6.92 Å². The molecule has 2 unspecified atom stereocenters. The van der Waals surface area contributed by atoms with Crippen LogP contribution in [0.1, 0.15) is 26.2 Å². The maximum Gasteiger partial charge on any atom is 0.135 e. The number of rotatable bonds is 2. The molecule has 0 saturated carbocycles. The Balaban J connectivity index is 2.03. The first-order valence-electron chi connectivity index (χ1n) is 5.54. The number of ether oxygens (including phenoxy) is 1. The number of carbonyl (C=O) groups excluding carboxylic acids is 1. The molecule has 2 aliphatic rings. The van der Waals surface area contributed by atoms with Gasteiger partial charge in [0.25, 0.3) is 0 Å². The Bertz CT molecular complexity index is 215. The van der Waals surface area contributed by atoms with Gasteiger partial charge in [-0.3, -0.25) is 9.69 Å². The fourth-order valence-electron chi connectivity index (χ4n) is 2.65. The van der Waals surface area contributed by atoms with E-state index in [0.717, 1.165) is 26.1 Å². The highest BCUT2D eigenvalue weighted by atomic mass is 16.5. The zero-order chi connectivity index (χ0) is 10.1. The molecule has 2 atom stereocenters. The topological polar surface area (TPSA) is 29.5 Å². The highest BCUT2D eigenvalue weighted by Gasteiger charge is 2.38. The minimum atomic E-state index is 0.301. The number of morpholine rings is 1. The van der Waals surface area contributed by atoms with E-state index in [9.17, 15) is 4.79 Å². The fourth-order valence-corrected chi connectivity index (χ4v) is 2.65. The van der Waals surface area contributed by atoms with Gasteiger partial charge in [-0.2, -0.15) is 0 Å². The van der Waals surface area contributed by atoms with Crippen molar-refractivity contribution in [3.05, 3.63) is 0 Å². The van der Waals surface area contributed by atoms with Gasteiger partial charge in [0.1, 0.15) is 5.78 Å². The molecule has 2 heterocycles. The molecule has 0 aromatic carbocycles. The zero-order valence-electron chi connectivity index (χ0n) is 9.03. The van der Waals surface area contributed by atoms with Crippen molar-refractivity contribution in [3.63, 3.8) is 0 Å². The summed E-state index contributed by atoms with van der Waals surface area (Å²) in [6.45, 7) is 3.58. The standard InChI is InChI=1S/C11H19NO2/c1-3-11(13)8-4-9-6-14-7-10(5-8)12(9)2/h8-10H,3-7H2,1-2H3. The number of likely N-dealkylation sites (N-methyl/N-ethyl adjacent to an activating group) is 1. The molecule has 3 nitrogen and oxygen atoms in total. The van der Waals surface area contributed by atoms with Gasteiger partial charge in [-0.15, -0.1) is 0 Å². The van der Waals surface area contributed by atoms with Crippen molar-refractivity contribution in [1.29, 1.82) is 0 Å². The molecule has 0 amide bonds. The first-order chi connectivity index (χ1) is 6.72. The minimum Gasteiger partial charge on any atom is -0.378 e. The number of carbonyl (C=O) groups is 1. The number of hydrogen-bond donors (Lipinski definition) is 0. The smallest absolute Gasteiger partial charge is 0.135 e. The predicted molar refractivity (Wildman–Crippen MR) is 54.2 cm³/mol. The second kappa shape index (κ2) is 3.99. The van der Waals surface area contributed by atoms with E-state index in [-0.39, 0.29) is 0 Å². The summed E-state index contributed by atoms with van der Waals surface area (Å²) in [5.41, 5.74) is 0. The Morgan fingerprint density at radius 1 is 1.36 bits per heavy atom. The van der Waals surface area contributed by atoms with Crippen molar-refractivity contribution in [3.8, 4) is 0 Å². The van der Waals surface area contributed by atoms with Crippen LogP contribution in [0.3, 0.4) is 0 Å². The summed E-state index contributed by atoms with van der Waals surface area (Å²) in [7, 11) is 2.16. The van der Waals surface area contributed by atoms with Crippen molar-refractivity contribution < 1.29 is 9.53 Å². The lowest BCUT2D eigenvalue weighted by molar-refractivity contribution is -0.130. The van der Waals surface area contributed by atoms with E-state index in [1.54, 1.807) is 0 Å². The van der Waals surface area contributed by atoms with Gasteiger partial charge in [0, 0.05) is 24.4 Å². The molecule has 0 aliphatic carbocycles.